The van der Waals surface area contributed by atoms with Crippen LogP contribution in [0.5, 0.6) is 0 Å². The highest BCUT2D eigenvalue weighted by molar-refractivity contribution is 5.87. The van der Waals surface area contributed by atoms with Crippen molar-refractivity contribution in [2.24, 2.45) is 5.92 Å². The second kappa shape index (κ2) is 9.72. The predicted octanol–water partition coefficient (Wildman–Crippen LogP) is 1.36. The fourth-order valence-electron chi connectivity index (χ4n) is 5.06. The molecule has 1 aromatic rings. The first-order valence-electron chi connectivity index (χ1n) is 11.2. The lowest BCUT2D eigenvalue weighted by Crippen LogP contribution is -2.55. The number of nitrogens with zero attached hydrogens (tertiary/aromatic N) is 3. The summed E-state index contributed by atoms with van der Waals surface area (Å²) in [5.74, 6) is 0.218. The van der Waals surface area contributed by atoms with Gasteiger partial charge in [0.15, 0.2) is 0 Å². The van der Waals surface area contributed by atoms with E-state index in [1.165, 1.54) is 18.4 Å². The molecule has 3 heterocycles. The number of likely N-dealkylation sites (tertiary alicyclic amines) is 2. The van der Waals surface area contributed by atoms with Crippen LogP contribution in [0.15, 0.2) is 30.3 Å². The van der Waals surface area contributed by atoms with Crippen molar-refractivity contribution in [3.05, 3.63) is 35.9 Å². The predicted molar refractivity (Wildman–Crippen MR) is 113 cm³/mol. The summed E-state index contributed by atoms with van der Waals surface area (Å²) in [5.41, 5.74) is 1.42. The molecule has 3 saturated heterocycles. The Morgan fingerprint density at radius 1 is 1.03 bits per heavy atom. The van der Waals surface area contributed by atoms with Crippen molar-refractivity contribution in [3.63, 3.8) is 0 Å². The van der Waals surface area contributed by atoms with E-state index < -0.39 is 0 Å². The van der Waals surface area contributed by atoms with Crippen LogP contribution in [-0.4, -0.2) is 84.9 Å². The van der Waals surface area contributed by atoms with Crippen LogP contribution in [0.3, 0.4) is 0 Å². The lowest BCUT2D eigenvalue weighted by atomic mass is 9.92. The molecule has 3 fully saturated rings. The summed E-state index contributed by atoms with van der Waals surface area (Å²) in [6.07, 6.45) is 5.56. The fraction of sp³-hybridized carbons (Fsp3) is 0.652. The highest BCUT2D eigenvalue weighted by Gasteiger charge is 2.34. The first-order chi connectivity index (χ1) is 14.2. The van der Waals surface area contributed by atoms with Crippen LogP contribution in [0.4, 0.5) is 0 Å². The number of carbonyl (C=O) groups excluding carboxylic acids is 2. The van der Waals surface area contributed by atoms with Gasteiger partial charge in [-0.05, 0) is 57.3 Å². The lowest BCUT2D eigenvalue weighted by molar-refractivity contribution is -0.143. The maximum Gasteiger partial charge on any atom is 0.239 e. The quantitative estimate of drug-likeness (QED) is 0.814. The van der Waals surface area contributed by atoms with Gasteiger partial charge in [0, 0.05) is 32.2 Å². The Morgan fingerprint density at radius 3 is 2.59 bits per heavy atom. The monoisotopic (exact) mass is 398 g/mol. The van der Waals surface area contributed by atoms with Gasteiger partial charge in [0.1, 0.15) is 0 Å². The third kappa shape index (κ3) is 5.37. The van der Waals surface area contributed by atoms with Gasteiger partial charge >= 0.3 is 0 Å². The van der Waals surface area contributed by atoms with Gasteiger partial charge in [-0.15, -0.1) is 0 Å². The van der Waals surface area contributed by atoms with E-state index in [0.29, 0.717) is 19.1 Å². The molecule has 158 valence electrons. The van der Waals surface area contributed by atoms with Crippen molar-refractivity contribution < 1.29 is 9.59 Å². The number of rotatable bonds is 5. The minimum absolute atomic E-state index is 0.0276. The minimum Gasteiger partial charge on any atom is -0.353 e. The van der Waals surface area contributed by atoms with Gasteiger partial charge in [0.25, 0.3) is 0 Å². The Kier molecular flexibility index (Phi) is 6.82. The van der Waals surface area contributed by atoms with Crippen molar-refractivity contribution in [2.75, 3.05) is 52.4 Å². The number of benzene rings is 1. The second-order valence-electron chi connectivity index (χ2n) is 8.75. The van der Waals surface area contributed by atoms with Crippen LogP contribution in [0.2, 0.25) is 0 Å². The van der Waals surface area contributed by atoms with E-state index in [1.54, 1.807) is 4.90 Å². The Labute approximate surface area is 174 Å². The molecule has 0 unspecified atom stereocenters. The highest BCUT2D eigenvalue weighted by Crippen LogP contribution is 2.25. The maximum absolute atomic E-state index is 12.9. The van der Waals surface area contributed by atoms with Gasteiger partial charge in [0.05, 0.1) is 12.5 Å². The van der Waals surface area contributed by atoms with Gasteiger partial charge in [-0.3, -0.25) is 14.5 Å². The Bertz CT molecular complexity index is 687. The van der Waals surface area contributed by atoms with Crippen molar-refractivity contribution in [1.82, 2.24) is 20.0 Å². The zero-order valence-electron chi connectivity index (χ0n) is 17.4. The second-order valence-corrected chi connectivity index (χ2v) is 8.75. The number of hydrogen-bond acceptors (Lipinski definition) is 4. The van der Waals surface area contributed by atoms with E-state index in [9.17, 15) is 9.59 Å². The first kappa shape index (κ1) is 20.4. The molecular weight excluding hydrogens is 364 g/mol. The molecule has 6 heteroatoms. The molecule has 4 rings (SSSR count). The van der Waals surface area contributed by atoms with Crippen LogP contribution in [0.1, 0.15) is 31.2 Å². The summed E-state index contributed by atoms with van der Waals surface area (Å²) < 4.78 is 0. The smallest absolute Gasteiger partial charge is 0.239 e. The third-order valence-electron chi connectivity index (χ3n) is 6.79. The van der Waals surface area contributed by atoms with Crippen LogP contribution in [-0.2, 0) is 16.0 Å². The van der Waals surface area contributed by atoms with E-state index >= 15 is 0 Å². The fourth-order valence-corrected chi connectivity index (χ4v) is 5.06. The molecule has 29 heavy (non-hydrogen) atoms. The molecule has 0 spiro atoms. The zero-order valence-corrected chi connectivity index (χ0v) is 17.4. The van der Waals surface area contributed by atoms with E-state index in [1.807, 2.05) is 0 Å². The highest BCUT2D eigenvalue weighted by atomic mass is 16.2. The third-order valence-corrected chi connectivity index (χ3v) is 6.79. The van der Waals surface area contributed by atoms with Crippen molar-refractivity contribution >= 4 is 11.8 Å². The molecule has 3 aliphatic rings. The van der Waals surface area contributed by atoms with Crippen LogP contribution >= 0.6 is 0 Å². The van der Waals surface area contributed by atoms with Crippen LogP contribution in [0.25, 0.3) is 0 Å². The Hall–Kier alpha value is -1.92. The Morgan fingerprint density at radius 2 is 1.83 bits per heavy atom. The minimum atomic E-state index is -0.0276. The van der Waals surface area contributed by atoms with E-state index in [4.69, 9.17) is 0 Å². The SMILES string of the molecule is O=C1CN(C(=O)[C@@H]2CCCN(C3CCN(CCc4ccccc4)CC3)C2)CCN1. The van der Waals surface area contributed by atoms with E-state index in [-0.39, 0.29) is 24.3 Å². The molecule has 1 N–H and O–H groups in total. The standard InChI is InChI=1S/C23H34N4O2/c28-22-18-27(16-11-24-22)23(29)20-7-4-12-26(17-20)21-9-14-25(15-10-21)13-8-19-5-2-1-3-6-19/h1-3,5-6,20-21H,4,7-18H2,(H,24,28)/t20-/m1/s1. The van der Waals surface area contributed by atoms with E-state index in [2.05, 4.69) is 45.4 Å². The number of piperazine rings is 1. The molecule has 0 bridgehead atoms. The maximum atomic E-state index is 12.9. The molecule has 3 aliphatic heterocycles. The topological polar surface area (TPSA) is 55.9 Å². The molecule has 0 saturated carbocycles. The number of piperidine rings is 2. The van der Waals surface area contributed by atoms with Crippen molar-refractivity contribution in [3.8, 4) is 0 Å². The molecule has 0 aliphatic carbocycles. The van der Waals surface area contributed by atoms with Crippen molar-refractivity contribution in [1.29, 1.82) is 0 Å². The van der Waals surface area contributed by atoms with Crippen LogP contribution < -0.4 is 5.32 Å². The normalized spacial score (nSPS) is 25.0. The summed E-state index contributed by atoms with van der Waals surface area (Å²) >= 11 is 0. The summed E-state index contributed by atoms with van der Waals surface area (Å²) in [5, 5.41) is 2.81. The molecule has 6 nitrogen and oxygen atoms in total. The summed E-state index contributed by atoms with van der Waals surface area (Å²) in [6, 6.07) is 11.3. The van der Waals surface area contributed by atoms with E-state index in [0.717, 1.165) is 52.0 Å². The summed E-state index contributed by atoms with van der Waals surface area (Å²) in [6.45, 7) is 6.88. The number of carbonyl (C=O) groups is 2. The molecule has 2 amide bonds. The average molecular weight is 399 g/mol. The van der Waals surface area contributed by atoms with Gasteiger partial charge in [0.2, 0.25) is 11.8 Å². The zero-order chi connectivity index (χ0) is 20.1. The van der Waals surface area contributed by atoms with Gasteiger partial charge < -0.3 is 15.1 Å². The number of hydrogen-bond donors (Lipinski definition) is 1. The van der Waals surface area contributed by atoms with Gasteiger partial charge in [-0.1, -0.05) is 30.3 Å². The molecular formula is C23H34N4O2. The average Bonchev–Trinajstić information content (AvgIpc) is 2.78. The number of nitrogens with one attached hydrogen (secondary N) is 1. The summed E-state index contributed by atoms with van der Waals surface area (Å²) in [7, 11) is 0. The largest absolute Gasteiger partial charge is 0.353 e. The van der Waals surface area contributed by atoms with Gasteiger partial charge in [-0.25, -0.2) is 0 Å². The summed E-state index contributed by atoms with van der Waals surface area (Å²) in [4.78, 5) is 31.4. The first-order valence-corrected chi connectivity index (χ1v) is 11.2. The molecule has 1 atom stereocenters. The molecule has 0 radical (unpaired) electrons. The number of amides is 2. The lowest BCUT2D eigenvalue weighted by Gasteiger charge is -2.43. The molecule has 0 aromatic heterocycles. The van der Waals surface area contributed by atoms with Crippen LogP contribution in [0, 0.1) is 5.92 Å². The Balaban J connectivity index is 1.23. The molecule has 1 aromatic carbocycles. The van der Waals surface area contributed by atoms with Gasteiger partial charge in [-0.2, -0.15) is 0 Å². The van der Waals surface area contributed by atoms with Crippen molar-refractivity contribution in [2.45, 2.75) is 38.1 Å².